The standard InChI is InChI=1S/C15H22O2/c1-11(10-14(16)17)7-8-13-12(2)6-5-9-15(13,3)4/h8H,5-6,9-10H2,1-4H3,(H,16,17)/p-1. The third kappa shape index (κ3) is 3.90. The fraction of sp³-hybridized carbons (Fsp3) is 0.600. The number of aliphatic carboxylic acids is 1. The molecule has 1 aliphatic carbocycles. The molecule has 1 aliphatic rings. The van der Waals surface area contributed by atoms with Gasteiger partial charge in [-0.3, -0.25) is 0 Å². The van der Waals surface area contributed by atoms with E-state index in [0.717, 1.165) is 6.42 Å². The smallest absolute Gasteiger partial charge is 0.0461 e. The number of hydrogen-bond acceptors (Lipinski definition) is 2. The van der Waals surface area contributed by atoms with Crippen molar-refractivity contribution in [3.8, 4) is 0 Å². The van der Waals surface area contributed by atoms with Crippen LogP contribution in [0.1, 0.15) is 53.4 Å². The van der Waals surface area contributed by atoms with Gasteiger partial charge in [-0.15, -0.1) is 5.73 Å². The van der Waals surface area contributed by atoms with Crippen molar-refractivity contribution in [3.63, 3.8) is 0 Å². The monoisotopic (exact) mass is 233 g/mol. The van der Waals surface area contributed by atoms with E-state index in [0.29, 0.717) is 5.57 Å². The molecule has 0 amide bonds. The van der Waals surface area contributed by atoms with Gasteiger partial charge in [0.2, 0.25) is 0 Å². The van der Waals surface area contributed by atoms with Crippen LogP contribution in [-0.2, 0) is 4.79 Å². The maximum Gasteiger partial charge on any atom is 0.0461 e. The van der Waals surface area contributed by atoms with E-state index in [1.54, 1.807) is 6.92 Å². The second-order valence-corrected chi connectivity index (χ2v) is 5.55. The van der Waals surface area contributed by atoms with Crippen LogP contribution < -0.4 is 5.11 Å². The number of rotatable bonds is 3. The fourth-order valence-electron chi connectivity index (χ4n) is 2.42. The molecule has 0 aromatic rings. The van der Waals surface area contributed by atoms with E-state index in [1.165, 1.54) is 24.0 Å². The van der Waals surface area contributed by atoms with Crippen LogP contribution in [0, 0.1) is 5.41 Å². The van der Waals surface area contributed by atoms with Gasteiger partial charge in [-0.1, -0.05) is 19.4 Å². The van der Waals surface area contributed by atoms with Gasteiger partial charge in [0.15, 0.2) is 0 Å². The second-order valence-electron chi connectivity index (χ2n) is 5.55. The maximum absolute atomic E-state index is 10.5. The van der Waals surface area contributed by atoms with E-state index >= 15 is 0 Å². The molecule has 0 radical (unpaired) electrons. The predicted octanol–water partition coefficient (Wildman–Crippen LogP) is 2.75. The lowest BCUT2D eigenvalue weighted by molar-refractivity contribution is -0.304. The summed E-state index contributed by atoms with van der Waals surface area (Å²) in [6, 6.07) is 0. The van der Waals surface area contributed by atoms with E-state index < -0.39 is 5.97 Å². The van der Waals surface area contributed by atoms with Crippen LogP contribution in [0.3, 0.4) is 0 Å². The van der Waals surface area contributed by atoms with Crippen molar-refractivity contribution < 1.29 is 9.90 Å². The van der Waals surface area contributed by atoms with Crippen LogP contribution in [0.25, 0.3) is 0 Å². The number of carboxylic acid groups (broad SMARTS) is 1. The summed E-state index contributed by atoms with van der Waals surface area (Å²) in [5, 5.41) is 10.5. The van der Waals surface area contributed by atoms with Gasteiger partial charge in [0.1, 0.15) is 0 Å². The summed E-state index contributed by atoms with van der Waals surface area (Å²) >= 11 is 0. The molecular formula is C15H21O2-. The minimum Gasteiger partial charge on any atom is -0.550 e. The van der Waals surface area contributed by atoms with Gasteiger partial charge >= 0.3 is 0 Å². The molecule has 0 saturated heterocycles. The van der Waals surface area contributed by atoms with E-state index in [2.05, 4.69) is 26.5 Å². The van der Waals surface area contributed by atoms with Gasteiger partial charge in [-0.2, -0.15) is 0 Å². The number of carbonyl (C=O) groups excluding carboxylic acids is 1. The van der Waals surface area contributed by atoms with Crippen molar-refractivity contribution in [3.05, 3.63) is 28.5 Å². The Morgan fingerprint density at radius 3 is 2.71 bits per heavy atom. The highest BCUT2D eigenvalue weighted by Crippen LogP contribution is 2.40. The minimum atomic E-state index is -1.04. The molecule has 0 unspecified atom stereocenters. The maximum atomic E-state index is 10.5. The normalized spacial score (nSPS) is 18.6. The summed E-state index contributed by atoms with van der Waals surface area (Å²) in [5.41, 5.74) is 6.68. The Morgan fingerprint density at radius 2 is 2.18 bits per heavy atom. The number of allylic oxidation sites excluding steroid dienone is 2. The summed E-state index contributed by atoms with van der Waals surface area (Å²) in [7, 11) is 0. The zero-order valence-electron chi connectivity index (χ0n) is 11.2. The molecule has 0 aromatic heterocycles. The Labute approximate surface area is 104 Å². The van der Waals surface area contributed by atoms with Gasteiger partial charge in [-0.25, -0.2) is 0 Å². The zero-order chi connectivity index (χ0) is 13.1. The second kappa shape index (κ2) is 5.37. The Kier molecular flexibility index (Phi) is 4.36. The average Bonchev–Trinajstić information content (AvgIpc) is 2.14. The highest BCUT2D eigenvalue weighted by Gasteiger charge is 2.26. The molecule has 0 saturated carbocycles. The Bertz CT molecular complexity index is 405. The summed E-state index contributed by atoms with van der Waals surface area (Å²) in [6.45, 7) is 8.40. The number of carbonyl (C=O) groups is 1. The number of carboxylic acids is 1. The SMILES string of the molecule is CC(=C=CC1=C(C)CCCC1(C)C)CC(=O)[O-]. The molecule has 0 aromatic carbocycles. The minimum absolute atomic E-state index is 0.0384. The van der Waals surface area contributed by atoms with Crippen LogP contribution in [0.15, 0.2) is 28.5 Å². The molecule has 0 N–H and O–H groups in total. The predicted molar refractivity (Wildman–Crippen MR) is 67.2 cm³/mol. The Balaban J connectivity index is 2.99. The van der Waals surface area contributed by atoms with E-state index in [1.807, 2.05) is 6.08 Å². The summed E-state index contributed by atoms with van der Waals surface area (Å²) in [6.07, 6.45) is 5.47. The highest BCUT2D eigenvalue weighted by atomic mass is 16.4. The van der Waals surface area contributed by atoms with Crippen molar-refractivity contribution in [1.29, 1.82) is 0 Å². The molecule has 0 fully saturated rings. The molecular weight excluding hydrogens is 212 g/mol. The first-order valence-corrected chi connectivity index (χ1v) is 6.15. The molecule has 0 heterocycles. The van der Waals surface area contributed by atoms with Crippen molar-refractivity contribution in [2.24, 2.45) is 5.41 Å². The summed E-state index contributed by atoms with van der Waals surface area (Å²) < 4.78 is 0. The first-order valence-electron chi connectivity index (χ1n) is 6.15. The topological polar surface area (TPSA) is 40.1 Å². The first-order chi connectivity index (χ1) is 7.83. The Hall–Kier alpha value is -1.27. The molecule has 0 atom stereocenters. The van der Waals surface area contributed by atoms with Crippen LogP contribution >= 0.6 is 0 Å². The highest BCUT2D eigenvalue weighted by molar-refractivity contribution is 5.67. The fourth-order valence-corrected chi connectivity index (χ4v) is 2.42. The van der Waals surface area contributed by atoms with E-state index in [4.69, 9.17) is 0 Å². The molecule has 2 nitrogen and oxygen atoms in total. The quantitative estimate of drug-likeness (QED) is 0.703. The van der Waals surface area contributed by atoms with Gasteiger partial charge in [0, 0.05) is 12.4 Å². The first kappa shape index (κ1) is 13.8. The summed E-state index contributed by atoms with van der Waals surface area (Å²) in [5.74, 6) is -1.04. The molecule has 0 aliphatic heterocycles. The Morgan fingerprint density at radius 1 is 1.53 bits per heavy atom. The molecule has 17 heavy (non-hydrogen) atoms. The van der Waals surface area contributed by atoms with E-state index in [9.17, 15) is 9.90 Å². The molecule has 0 bridgehead atoms. The lowest BCUT2D eigenvalue weighted by Gasteiger charge is -2.32. The third-order valence-corrected chi connectivity index (χ3v) is 3.41. The molecule has 94 valence electrons. The third-order valence-electron chi connectivity index (χ3n) is 3.41. The van der Waals surface area contributed by atoms with Crippen LogP contribution in [-0.4, -0.2) is 5.97 Å². The van der Waals surface area contributed by atoms with Crippen LogP contribution in [0.4, 0.5) is 0 Å². The summed E-state index contributed by atoms with van der Waals surface area (Å²) in [4.78, 5) is 10.5. The average molecular weight is 233 g/mol. The van der Waals surface area contributed by atoms with Gasteiger partial charge in [0.05, 0.1) is 0 Å². The lowest BCUT2D eigenvalue weighted by atomic mass is 9.73. The largest absolute Gasteiger partial charge is 0.550 e. The van der Waals surface area contributed by atoms with E-state index in [-0.39, 0.29) is 11.8 Å². The lowest BCUT2D eigenvalue weighted by Crippen LogP contribution is -2.21. The van der Waals surface area contributed by atoms with Crippen LogP contribution in [0.5, 0.6) is 0 Å². The molecule has 2 heteroatoms. The van der Waals surface area contributed by atoms with Crippen molar-refractivity contribution in [2.75, 3.05) is 0 Å². The van der Waals surface area contributed by atoms with Crippen molar-refractivity contribution in [2.45, 2.75) is 53.4 Å². The molecule has 0 spiro atoms. The van der Waals surface area contributed by atoms with Gasteiger partial charge in [0.25, 0.3) is 0 Å². The molecule has 1 rings (SSSR count). The van der Waals surface area contributed by atoms with Gasteiger partial charge < -0.3 is 9.90 Å². The number of hydrogen-bond donors (Lipinski definition) is 0. The van der Waals surface area contributed by atoms with Crippen molar-refractivity contribution >= 4 is 5.97 Å². The van der Waals surface area contributed by atoms with Crippen molar-refractivity contribution in [1.82, 2.24) is 0 Å². The van der Waals surface area contributed by atoms with Gasteiger partial charge in [-0.05, 0) is 55.7 Å². The van der Waals surface area contributed by atoms with Crippen LogP contribution in [0.2, 0.25) is 0 Å². The zero-order valence-corrected chi connectivity index (χ0v) is 11.2.